The van der Waals surface area contributed by atoms with E-state index in [0.717, 1.165) is 23.7 Å². The molecule has 1 aliphatic rings. The van der Waals surface area contributed by atoms with Gasteiger partial charge in [0.1, 0.15) is 0 Å². The molecule has 1 saturated carbocycles. The summed E-state index contributed by atoms with van der Waals surface area (Å²) in [6, 6.07) is 0. The normalized spacial score (nSPS) is 43.6. The SMILES string of the molecule is CCCCC1C(C)C(C)C1C. The minimum absolute atomic E-state index is 0.983. The first kappa shape index (κ1) is 9.09. The molecule has 0 amide bonds. The van der Waals surface area contributed by atoms with Gasteiger partial charge in [0.05, 0.1) is 0 Å². The van der Waals surface area contributed by atoms with E-state index in [0.29, 0.717) is 0 Å². The third-order valence-corrected chi connectivity index (χ3v) is 3.90. The molecule has 0 N–H and O–H groups in total. The predicted molar refractivity (Wildman–Crippen MR) is 50.5 cm³/mol. The molecule has 1 rings (SSSR count). The summed E-state index contributed by atoms with van der Waals surface area (Å²) in [6.45, 7) is 9.53. The summed E-state index contributed by atoms with van der Waals surface area (Å²) in [5.41, 5.74) is 0. The van der Waals surface area contributed by atoms with Gasteiger partial charge >= 0.3 is 0 Å². The zero-order valence-electron chi connectivity index (χ0n) is 8.43. The van der Waals surface area contributed by atoms with Crippen LogP contribution in [-0.4, -0.2) is 0 Å². The van der Waals surface area contributed by atoms with Gasteiger partial charge < -0.3 is 0 Å². The third-order valence-electron chi connectivity index (χ3n) is 3.90. The fraction of sp³-hybridized carbons (Fsp3) is 1.00. The number of hydrogen-bond donors (Lipinski definition) is 0. The molecule has 0 heterocycles. The second-order valence-electron chi connectivity index (χ2n) is 4.38. The minimum atomic E-state index is 0.983. The lowest BCUT2D eigenvalue weighted by Crippen LogP contribution is -2.41. The van der Waals surface area contributed by atoms with Gasteiger partial charge in [0.15, 0.2) is 0 Å². The Morgan fingerprint density at radius 3 is 1.91 bits per heavy atom. The minimum Gasteiger partial charge on any atom is -0.0654 e. The first-order valence-corrected chi connectivity index (χ1v) is 5.18. The second-order valence-corrected chi connectivity index (χ2v) is 4.38. The van der Waals surface area contributed by atoms with Crippen LogP contribution in [0.1, 0.15) is 47.0 Å². The van der Waals surface area contributed by atoms with Crippen LogP contribution >= 0.6 is 0 Å². The largest absolute Gasteiger partial charge is 0.0654 e. The van der Waals surface area contributed by atoms with E-state index in [1.54, 1.807) is 0 Å². The molecule has 11 heavy (non-hydrogen) atoms. The summed E-state index contributed by atoms with van der Waals surface area (Å²) in [4.78, 5) is 0. The quantitative estimate of drug-likeness (QED) is 0.581. The maximum Gasteiger partial charge on any atom is -0.0357 e. The van der Waals surface area contributed by atoms with Crippen molar-refractivity contribution in [3.05, 3.63) is 0 Å². The van der Waals surface area contributed by atoms with Crippen LogP contribution in [-0.2, 0) is 0 Å². The second kappa shape index (κ2) is 3.60. The van der Waals surface area contributed by atoms with Gasteiger partial charge in [0.25, 0.3) is 0 Å². The van der Waals surface area contributed by atoms with Crippen LogP contribution in [0.4, 0.5) is 0 Å². The molecule has 0 radical (unpaired) electrons. The van der Waals surface area contributed by atoms with E-state index in [-0.39, 0.29) is 0 Å². The molecular weight excluding hydrogens is 132 g/mol. The Bertz CT molecular complexity index is 107. The summed E-state index contributed by atoms with van der Waals surface area (Å²) >= 11 is 0. The van der Waals surface area contributed by atoms with Gasteiger partial charge in [-0.25, -0.2) is 0 Å². The summed E-state index contributed by atoms with van der Waals surface area (Å²) in [7, 11) is 0. The fourth-order valence-corrected chi connectivity index (χ4v) is 2.56. The molecule has 0 nitrogen and oxygen atoms in total. The zero-order valence-corrected chi connectivity index (χ0v) is 8.43. The van der Waals surface area contributed by atoms with Crippen molar-refractivity contribution in [3.63, 3.8) is 0 Å². The van der Waals surface area contributed by atoms with E-state index in [9.17, 15) is 0 Å². The van der Waals surface area contributed by atoms with E-state index in [4.69, 9.17) is 0 Å². The summed E-state index contributed by atoms with van der Waals surface area (Å²) in [5, 5.41) is 0. The van der Waals surface area contributed by atoms with Crippen LogP contribution in [0.5, 0.6) is 0 Å². The molecule has 66 valence electrons. The van der Waals surface area contributed by atoms with E-state index < -0.39 is 0 Å². The number of unbranched alkanes of at least 4 members (excludes halogenated alkanes) is 1. The molecule has 0 saturated heterocycles. The highest BCUT2D eigenvalue weighted by Gasteiger charge is 2.40. The van der Waals surface area contributed by atoms with Gasteiger partial charge in [-0.15, -0.1) is 0 Å². The molecular formula is C11H22. The van der Waals surface area contributed by atoms with Crippen molar-refractivity contribution in [3.8, 4) is 0 Å². The van der Waals surface area contributed by atoms with Gasteiger partial charge in [-0.2, -0.15) is 0 Å². The average molecular weight is 154 g/mol. The van der Waals surface area contributed by atoms with Crippen molar-refractivity contribution in [1.29, 1.82) is 0 Å². The van der Waals surface area contributed by atoms with Crippen molar-refractivity contribution < 1.29 is 0 Å². The maximum absolute atomic E-state index is 2.42. The van der Waals surface area contributed by atoms with Gasteiger partial charge in [0, 0.05) is 0 Å². The number of rotatable bonds is 3. The Hall–Kier alpha value is 0. The molecule has 1 fully saturated rings. The average Bonchev–Trinajstić information content (AvgIpc) is 2.04. The van der Waals surface area contributed by atoms with Crippen LogP contribution in [0.15, 0.2) is 0 Å². The molecule has 0 heteroatoms. The van der Waals surface area contributed by atoms with Crippen molar-refractivity contribution in [2.45, 2.75) is 47.0 Å². The van der Waals surface area contributed by atoms with E-state index in [2.05, 4.69) is 27.7 Å². The molecule has 0 spiro atoms. The molecule has 0 aromatic carbocycles. The van der Waals surface area contributed by atoms with Crippen molar-refractivity contribution in [2.24, 2.45) is 23.7 Å². The van der Waals surface area contributed by atoms with Crippen LogP contribution in [0.3, 0.4) is 0 Å². The van der Waals surface area contributed by atoms with E-state index in [1.165, 1.54) is 19.3 Å². The Morgan fingerprint density at radius 1 is 0.909 bits per heavy atom. The van der Waals surface area contributed by atoms with Gasteiger partial charge in [-0.1, -0.05) is 40.5 Å². The highest BCUT2D eigenvalue weighted by atomic mass is 14.5. The van der Waals surface area contributed by atoms with E-state index in [1.807, 2.05) is 0 Å². The lowest BCUT2D eigenvalue weighted by atomic mass is 9.57. The van der Waals surface area contributed by atoms with Crippen LogP contribution in [0.25, 0.3) is 0 Å². The molecule has 0 aliphatic heterocycles. The topological polar surface area (TPSA) is 0 Å². The maximum atomic E-state index is 2.42. The first-order valence-electron chi connectivity index (χ1n) is 5.18. The Morgan fingerprint density at radius 2 is 1.45 bits per heavy atom. The smallest absolute Gasteiger partial charge is 0.0357 e. The van der Waals surface area contributed by atoms with E-state index >= 15 is 0 Å². The molecule has 0 aromatic rings. The van der Waals surface area contributed by atoms with Crippen LogP contribution in [0.2, 0.25) is 0 Å². The number of hydrogen-bond acceptors (Lipinski definition) is 0. The van der Waals surface area contributed by atoms with Gasteiger partial charge in [0.2, 0.25) is 0 Å². The van der Waals surface area contributed by atoms with Crippen molar-refractivity contribution >= 4 is 0 Å². The monoisotopic (exact) mass is 154 g/mol. The summed E-state index contributed by atoms with van der Waals surface area (Å²) in [6.07, 6.45) is 4.28. The lowest BCUT2D eigenvalue weighted by Gasteiger charge is -2.48. The third kappa shape index (κ3) is 1.60. The van der Waals surface area contributed by atoms with Crippen molar-refractivity contribution in [2.75, 3.05) is 0 Å². The summed E-state index contributed by atoms with van der Waals surface area (Å²) in [5.74, 6) is 4.02. The van der Waals surface area contributed by atoms with Crippen LogP contribution in [0, 0.1) is 23.7 Å². The first-order chi connectivity index (χ1) is 5.18. The summed E-state index contributed by atoms with van der Waals surface area (Å²) < 4.78 is 0. The zero-order chi connectivity index (χ0) is 8.43. The molecule has 2 atom stereocenters. The molecule has 1 aliphatic carbocycles. The Kier molecular flexibility index (Phi) is 2.98. The standard InChI is InChI=1S/C11H22/c1-5-6-7-11-9(3)8(2)10(11)4/h8-11H,5-7H2,1-4H3. The highest BCUT2D eigenvalue weighted by molar-refractivity contribution is 4.89. The molecule has 0 aromatic heterocycles. The van der Waals surface area contributed by atoms with Crippen LogP contribution < -0.4 is 0 Å². The Balaban J connectivity index is 2.25. The van der Waals surface area contributed by atoms with Gasteiger partial charge in [-0.05, 0) is 30.1 Å². The molecule has 0 bridgehead atoms. The Labute approximate surface area is 71.4 Å². The molecule has 2 unspecified atom stereocenters. The predicted octanol–water partition coefficient (Wildman–Crippen LogP) is 3.71. The van der Waals surface area contributed by atoms with Gasteiger partial charge in [-0.3, -0.25) is 0 Å². The highest BCUT2D eigenvalue weighted by Crippen LogP contribution is 2.47. The fourth-order valence-electron chi connectivity index (χ4n) is 2.56. The van der Waals surface area contributed by atoms with Crippen molar-refractivity contribution in [1.82, 2.24) is 0 Å². The lowest BCUT2D eigenvalue weighted by molar-refractivity contribution is 0.00825.